The van der Waals surface area contributed by atoms with Crippen molar-refractivity contribution in [1.29, 1.82) is 0 Å². The molecular weight excluding hydrogens is 445 g/mol. The molecule has 4 rings (SSSR count). The fourth-order valence-electron chi connectivity index (χ4n) is 3.72. The van der Waals surface area contributed by atoms with Gasteiger partial charge in [0.1, 0.15) is 23.6 Å². The molecule has 178 valence electrons. The highest BCUT2D eigenvalue weighted by atomic mass is 19.1. The van der Waals surface area contributed by atoms with Gasteiger partial charge in [0.2, 0.25) is 0 Å². The number of halogens is 3. The molecule has 7 nitrogen and oxygen atoms in total. The van der Waals surface area contributed by atoms with Gasteiger partial charge in [0.15, 0.2) is 0 Å². The molecule has 0 bridgehead atoms. The first-order valence-corrected chi connectivity index (χ1v) is 11.1. The van der Waals surface area contributed by atoms with Crippen LogP contribution in [0.15, 0.2) is 48.7 Å². The van der Waals surface area contributed by atoms with Crippen LogP contribution in [0, 0.1) is 11.6 Å². The van der Waals surface area contributed by atoms with Crippen LogP contribution in [0.4, 0.5) is 19.0 Å². The summed E-state index contributed by atoms with van der Waals surface area (Å²) in [5, 5.41) is 17.1. The second-order valence-electron chi connectivity index (χ2n) is 8.11. The van der Waals surface area contributed by atoms with Gasteiger partial charge in [-0.15, -0.1) is 10.2 Å². The van der Waals surface area contributed by atoms with E-state index in [2.05, 4.69) is 31.1 Å². The van der Waals surface area contributed by atoms with Crippen molar-refractivity contribution in [1.82, 2.24) is 25.8 Å². The summed E-state index contributed by atoms with van der Waals surface area (Å²) in [7, 11) is 0. The number of amides is 1. The fourth-order valence-corrected chi connectivity index (χ4v) is 3.72. The number of nitrogens with one attached hydrogen (secondary N) is 3. The molecule has 0 unspecified atom stereocenters. The molecule has 0 radical (unpaired) electrons. The molecule has 10 heteroatoms. The monoisotopic (exact) mass is 470 g/mol. The summed E-state index contributed by atoms with van der Waals surface area (Å²) in [4.78, 5) is 16.4. The van der Waals surface area contributed by atoms with Gasteiger partial charge in [-0.3, -0.25) is 9.78 Å². The molecule has 3 heterocycles. The molecule has 0 aliphatic carbocycles. The van der Waals surface area contributed by atoms with E-state index >= 15 is 0 Å². The lowest BCUT2D eigenvalue weighted by Gasteiger charge is -2.12. The summed E-state index contributed by atoms with van der Waals surface area (Å²) >= 11 is 0. The number of pyridine rings is 1. The van der Waals surface area contributed by atoms with Crippen LogP contribution in [0.25, 0.3) is 11.3 Å². The molecular formula is C24H25F3N6O. The number of aromatic nitrogens is 3. The van der Waals surface area contributed by atoms with E-state index in [0.717, 1.165) is 13.0 Å². The highest BCUT2D eigenvalue weighted by molar-refractivity contribution is 5.95. The zero-order valence-electron chi connectivity index (χ0n) is 18.4. The van der Waals surface area contributed by atoms with E-state index in [1.807, 2.05) is 0 Å². The van der Waals surface area contributed by atoms with E-state index < -0.39 is 17.8 Å². The van der Waals surface area contributed by atoms with Crippen LogP contribution in [0.5, 0.6) is 0 Å². The van der Waals surface area contributed by atoms with Crippen LogP contribution in [0.1, 0.15) is 28.9 Å². The van der Waals surface area contributed by atoms with Gasteiger partial charge in [0.25, 0.3) is 5.91 Å². The van der Waals surface area contributed by atoms with Crippen LogP contribution >= 0.6 is 0 Å². The number of anilines is 1. The molecule has 2 aromatic heterocycles. The predicted molar refractivity (Wildman–Crippen MR) is 122 cm³/mol. The molecule has 1 fully saturated rings. The van der Waals surface area contributed by atoms with E-state index in [-0.39, 0.29) is 48.3 Å². The average Bonchev–Trinajstić information content (AvgIpc) is 3.34. The number of hydrogen-bond donors (Lipinski definition) is 3. The molecule has 34 heavy (non-hydrogen) atoms. The molecule has 3 aromatic rings. The van der Waals surface area contributed by atoms with Crippen molar-refractivity contribution in [3.8, 4) is 11.3 Å². The smallest absolute Gasteiger partial charge is 0.251 e. The summed E-state index contributed by atoms with van der Waals surface area (Å²) < 4.78 is 42.2. The van der Waals surface area contributed by atoms with Crippen molar-refractivity contribution in [2.45, 2.75) is 31.5 Å². The third kappa shape index (κ3) is 6.07. The van der Waals surface area contributed by atoms with Crippen molar-refractivity contribution in [2.75, 3.05) is 25.0 Å². The zero-order chi connectivity index (χ0) is 23.9. The molecule has 1 amide bonds. The van der Waals surface area contributed by atoms with Gasteiger partial charge in [0, 0.05) is 42.9 Å². The van der Waals surface area contributed by atoms with Crippen LogP contribution in [0.3, 0.4) is 0 Å². The van der Waals surface area contributed by atoms with Gasteiger partial charge < -0.3 is 16.0 Å². The molecule has 1 aromatic carbocycles. The van der Waals surface area contributed by atoms with Crippen LogP contribution in [-0.2, 0) is 6.42 Å². The normalized spacial score (nSPS) is 16.3. The number of alkyl halides is 1. The quantitative estimate of drug-likeness (QED) is 0.445. The summed E-state index contributed by atoms with van der Waals surface area (Å²) in [6, 6.07) is 10.1. The van der Waals surface area contributed by atoms with Gasteiger partial charge in [-0.2, -0.15) is 0 Å². The Labute approximate surface area is 195 Å². The minimum absolute atomic E-state index is 0.0538. The number of carbonyl (C=O) groups is 1. The zero-order valence-corrected chi connectivity index (χ0v) is 18.4. The Bertz CT molecular complexity index is 1120. The Balaban J connectivity index is 1.33. The minimum Gasteiger partial charge on any atom is -0.368 e. The van der Waals surface area contributed by atoms with E-state index in [4.69, 9.17) is 0 Å². The topological polar surface area (TPSA) is 91.8 Å². The molecule has 3 N–H and O–H groups in total. The lowest BCUT2D eigenvalue weighted by atomic mass is 10.1. The number of rotatable bonds is 9. The van der Waals surface area contributed by atoms with Gasteiger partial charge in [-0.25, -0.2) is 13.2 Å². The first-order chi connectivity index (χ1) is 16.5. The molecule has 0 saturated carbocycles. The number of carbonyl (C=O) groups excluding carboxylic acids is 1. The summed E-state index contributed by atoms with van der Waals surface area (Å²) in [6.45, 7) is 1.82. The van der Waals surface area contributed by atoms with Gasteiger partial charge in [-0.1, -0.05) is 0 Å². The lowest BCUT2D eigenvalue weighted by Crippen LogP contribution is -2.36. The molecule has 1 aliphatic heterocycles. The first-order valence-electron chi connectivity index (χ1n) is 11.1. The van der Waals surface area contributed by atoms with E-state index in [1.165, 1.54) is 36.5 Å². The van der Waals surface area contributed by atoms with Crippen molar-refractivity contribution >= 4 is 11.7 Å². The van der Waals surface area contributed by atoms with Gasteiger partial charge in [-0.05, 0) is 61.9 Å². The van der Waals surface area contributed by atoms with Gasteiger partial charge >= 0.3 is 0 Å². The minimum atomic E-state index is -1.27. The highest BCUT2D eigenvalue weighted by Gasteiger charge is 2.19. The molecule has 0 spiro atoms. The second kappa shape index (κ2) is 11.1. The third-order valence-corrected chi connectivity index (χ3v) is 5.58. The van der Waals surface area contributed by atoms with Gasteiger partial charge in [0.05, 0.1) is 11.4 Å². The summed E-state index contributed by atoms with van der Waals surface area (Å²) in [6.07, 6.45) is 1.02. The lowest BCUT2D eigenvalue weighted by molar-refractivity contribution is 0.0940. The van der Waals surface area contributed by atoms with Crippen molar-refractivity contribution in [2.24, 2.45) is 0 Å². The maximum absolute atomic E-state index is 14.4. The first kappa shape index (κ1) is 23.6. The Morgan fingerprint density at radius 1 is 1.15 bits per heavy atom. The molecule has 1 saturated heterocycles. The number of benzene rings is 1. The van der Waals surface area contributed by atoms with E-state index in [0.29, 0.717) is 17.9 Å². The Hall–Kier alpha value is -3.53. The van der Waals surface area contributed by atoms with Crippen LogP contribution in [-0.4, -0.2) is 52.9 Å². The molecule has 2 atom stereocenters. The summed E-state index contributed by atoms with van der Waals surface area (Å²) in [5.74, 6) is -0.921. The fraction of sp³-hybridized carbons (Fsp3) is 0.333. The maximum Gasteiger partial charge on any atom is 0.251 e. The van der Waals surface area contributed by atoms with Crippen LogP contribution in [0.2, 0.25) is 0 Å². The summed E-state index contributed by atoms with van der Waals surface area (Å²) in [5.41, 5.74) is 0.870. The molecule has 1 aliphatic rings. The predicted octanol–water partition coefficient (Wildman–Crippen LogP) is 3.29. The number of nitrogens with zero attached hydrogens (tertiary/aromatic N) is 3. The van der Waals surface area contributed by atoms with Crippen molar-refractivity contribution in [3.05, 3.63) is 71.6 Å². The standard InChI is InChI=1S/C24H25F3N6O/c25-16(13-22-20(27)2-1-9-29-22)7-11-30-23-6-5-21(32-33-23)18-12-15(3-4-19(18)26)24(34)31-17-8-10-28-14-17/h1-6,9,12,16-17,28H,7-8,10-11,13-14H2,(H,30,33)(H,31,34)/t16-,17+/m0/s1. The van der Waals surface area contributed by atoms with Crippen molar-refractivity contribution < 1.29 is 18.0 Å². The Morgan fingerprint density at radius 3 is 2.76 bits per heavy atom. The maximum atomic E-state index is 14.4. The Kier molecular flexibility index (Phi) is 7.69. The highest BCUT2D eigenvalue weighted by Crippen LogP contribution is 2.23. The van der Waals surface area contributed by atoms with E-state index in [1.54, 1.807) is 12.1 Å². The Morgan fingerprint density at radius 2 is 2.03 bits per heavy atom. The number of hydrogen-bond acceptors (Lipinski definition) is 6. The van der Waals surface area contributed by atoms with E-state index in [9.17, 15) is 18.0 Å². The SMILES string of the molecule is O=C(N[C@@H]1CCNC1)c1ccc(F)c(-c2ccc(NCC[C@H](F)Cc3ncccc3F)nn2)c1. The third-order valence-electron chi connectivity index (χ3n) is 5.58. The largest absolute Gasteiger partial charge is 0.368 e. The average molecular weight is 470 g/mol. The van der Waals surface area contributed by atoms with Crippen LogP contribution < -0.4 is 16.0 Å². The second-order valence-corrected chi connectivity index (χ2v) is 8.11. The van der Waals surface area contributed by atoms with Crippen molar-refractivity contribution in [3.63, 3.8) is 0 Å².